The van der Waals surface area contributed by atoms with Crippen LogP contribution in [0.4, 0.5) is 0 Å². The Balaban J connectivity index is 0. The van der Waals surface area contributed by atoms with Crippen molar-refractivity contribution in [2.75, 3.05) is 0 Å². The van der Waals surface area contributed by atoms with Crippen molar-refractivity contribution in [3.05, 3.63) is 0 Å². The van der Waals surface area contributed by atoms with Gasteiger partial charge in [0.25, 0.3) is 0 Å². The zero-order valence-electron chi connectivity index (χ0n) is 7.62. The summed E-state index contributed by atoms with van der Waals surface area (Å²) in [6, 6.07) is 0. The van der Waals surface area contributed by atoms with Gasteiger partial charge in [-0.1, -0.05) is 0 Å². The minimum atomic E-state index is -0.757. The molecule has 5 nitrogen and oxygen atoms in total. The Labute approximate surface area is 70.9 Å². The normalized spacial score (nSPS) is 9.42. The Morgan fingerprint density at radius 3 is 1.42 bits per heavy atom. The van der Waals surface area contributed by atoms with E-state index in [-0.39, 0.29) is 0 Å². The van der Waals surface area contributed by atoms with Crippen LogP contribution in [-0.4, -0.2) is 22.3 Å². The summed E-state index contributed by atoms with van der Waals surface area (Å²) < 4.78 is 0. The van der Waals surface area contributed by atoms with Gasteiger partial charge in [0.15, 0.2) is 0 Å². The molecule has 0 radical (unpaired) electrons. The minimum Gasteiger partial charge on any atom is -0.481 e. The lowest BCUT2D eigenvalue weighted by Gasteiger charge is -2.08. The van der Waals surface area contributed by atoms with Crippen LogP contribution < -0.4 is 0 Å². The van der Waals surface area contributed by atoms with Crippen LogP contribution >= 0.6 is 0 Å². The summed E-state index contributed by atoms with van der Waals surface area (Å²) in [6.07, 6.45) is 0. The molecule has 0 aromatic rings. The second-order valence-electron chi connectivity index (χ2n) is 3.14. The van der Waals surface area contributed by atoms with Gasteiger partial charge >= 0.3 is 11.9 Å². The van der Waals surface area contributed by atoms with Crippen LogP contribution in [0.15, 0.2) is 0 Å². The molecule has 0 bridgehead atoms. The Morgan fingerprint density at radius 1 is 1.25 bits per heavy atom. The van der Waals surface area contributed by atoms with Gasteiger partial charge in [-0.15, -0.1) is 0 Å². The lowest BCUT2D eigenvalue weighted by molar-refractivity contribution is -0.231. The van der Waals surface area contributed by atoms with Crippen molar-refractivity contribution in [1.82, 2.24) is 0 Å². The zero-order valence-corrected chi connectivity index (χ0v) is 7.62. The highest BCUT2D eigenvalue weighted by Crippen LogP contribution is 2.11. The van der Waals surface area contributed by atoms with E-state index in [1.54, 1.807) is 20.8 Å². The number of aliphatic carboxylic acids is 1. The second kappa shape index (κ2) is 5.54. The highest BCUT2D eigenvalue weighted by atomic mass is 17.1. The lowest BCUT2D eigenvalue weighted by atomic mass is 9.98. The SMILES string of the molecule is CC(=O)OO.CC(C)(C)C(=O)O. The molecule has 0 aliphatic carbocycles. The molecule has 0 aromatic heterocycles. The number of carboxylic acids is 1. The van der Waals surface area contributed by atoms with Gasteiger partial charge in [0, 0.05) is 6.92 Å². The Bertz CT molecular complexity index is 156. The number of rotatable bonds is 0. The minimum absolute atomic E-state index is 0.583. The fourth-order valence-electron chi connectivity index (χ4n) is 0. The molecule has 0 heterocycles. The highest BCUT2D eigenvalue weighted by Gasteiger charge is 2.18. The van der Waals surface area contributed by atoms with Crippen LogP contribution in [0.3, 0.4) is 0 Å². The van der Waals surface area contributed by atoms with Crippen LogP contribution in [-0.2, 0) is 14.5 Å². The van der Waals surface area contributed by atoms with E-state index in [2.05, 4.69) is 4.89 Å². The lowest BCUT2D eigenvalue weighted by Crippen LogP contribution is -2.18. The first-order valence-corrected chi connectivity index (χ1v) is 3.27. The van der Waals surface area contributed by atoms with Crippen molar-refractivity contribution < 1.29 is 24.8 Å². The van der Waals surface area contributed by atoms with Crippen molar-refractivity contribution in [3.63, 3.8) is 0 Å². The highest BCUT2D eigenvalue weighted by molar-refractivity contribution is 5.72. The van der Waals surface area contributed by atoms with E-state index < -0.39 is 17.4 Å². The fourth-order valence-corrected chi connectivity index (χ4v) is 0. The molecule has 12 heavy (non-hydrogen) atoms. The quantitative estimate of drug-likeness (QED) is 0.429. The molecule has 0 fully saturated rings. The molecule has 0 atom stereocenters. The van der Waals surface area contributed by atoms with Gasteiger partial charge < -0.3 is 9.99 Å². The molecule has 0 aliphatic rings. The third-order valence-electron chi connectivity index (χ3n) is 0.770. The first kappa shape index (κ1) is 13.5. The smallest absolute Gasteiger partial charge is 0.339 e. The van der Waals surface area contributed by atoms with Gasteiger partial charge in [0.05, 0.1) is 5.41 Å². The molecular formula is C7H14O5. The molecule has 0 rings (SSSR count). The van der Waals surface area contributed by atoms with Gasteiger partial charge in [-0.05, 0) is 20.8 Å². The average molecular weight is 178 g/mol. The molecular weight excluding hydrogens is 164 g/mol. The van der Waals surface area contributed by atoms with Crippen LogP contribution in [0.5, 0.6) is 0 Å². The van der Waals surface area contributed by atoms with Crippen molar-refractivity contribution in [2.45, 2.75) is 27.7 Å². The van der Waals surface area contributed by atoms with Gasteiger partial charge in [0.2, 0.25) is 0 Å². The van der Waals surface area contributed by atoms with E-state index in [9.17, 15) is 9.59 Å². The van der Waals surface area contributed by atoms with E-state index in [4.69, 9.17) is 10.4 Å². The molecule has 72 valence electrons. The summed E-state index contributed by atoms with van der Waals surface area (Å²) in [5.41, 5.74) is -0.583. The largest absolute Gasteiger partial charge is 0.481 e. The summed E-state index contributed by atoms with van der Waals surface area (Å²) in [6.45, 7) is 6.10. The molecule has 0 saturated heterocycles. The van der Waals surface area contributed by atoms with Gasteiger partial charge in [-0.3, -0.25) is 4.79 Å². The fraction of sp³-hybridized carbons (Fsp3) is 0.714. The molecule has 0 spiro atoms. The summed E-state index contributed by atoms with van der Waals surface area (Å²) in [5.74, 6) is -1.45. The van der Waals surface area contributed by atoms with Gasteiger partial charge in [-0.25, -0.2) is 4.79 Å². The predicted octanol–water partition coefficient (Wildman–Crippen LogP) is 1.14. The van der Waals surface area contributed by atoms with Crippen LogP contribution in [0.2, 0.25) is 0 Å². The number of carbonyl (C=O) groups is 2. The monoisotopic (exact) mass is 178 g/mol. The molecule has 2 N–H and O–H groups in total. The molecule has 0 unspecified atom stereocenters. The number of carboxylic acid groups (broad SMARTS) is 1. The van der Waals surface area contributed by atoms with E-state index in [0.717, 1.165) is 6.92 Å². The predicted molar refractivity (Wildman–Crippen MR) is 41.5 cm³/mol. The van der Waals surface area contributed by atoms with Crippen molar-refractivity contribution in [1.29, 1.82) is 0 Å². The summed E-state index contributed by atoms with van der Waals surface area (Å²) >= 11 is 0. The molecule has 0 aliphatic heterocycles. The first-order chi connectivity index (χ1) is 5.21. The molecule has 0 saturated carbocycles. The van der Waals surface area contributed by atoms with E-state index >= 15 is 0 Å². The van der Waals surface area contributed by atoms with Crippen molar-refractivity contribution in [3.8, 4) is 0 Å². The van der Waals surface area contributed by atoms with Crippen LogP contribution in [0.1, 0.15) is 27.7 Å². The van der Waals surface area contributed by atoms with Crippen molar-refractivity contribution in [2.24, 2.45) is 5.41 Å². The third kappa shape index (κ3) is 11.7. The Hall–Kier alpha value is -1.10. The van der Waals surface area contributed by atoms with Crippen molar-refractivity contribution >= 4 is 11.9 Å². The standard InChI is InChI=1S/C5H10O2.C2H4O3/c1-5(2,3)4(6)7;1-2(3)5-4/h1-3H3,(H,6,7);4H,1H3. The van der Waals surface area contributed by atoms with Crippen LogP contribution in [0.25, 0.3) is 0 Å². The maximum absolute atomic E-state index is 10.0. The number of hydrogen-bond acceptors (Lipinski definition) is 4. The van der Waals surface area contributed by atoms with Crippen LogP contribution in [0, 0.1) is 5.41 Å². The molecule has 0 amide bonds. The van der Waals surface area contributed by atoms with E-state index in [0.29, 0.717) is 0 Å². The summed E-state index contributed by atoms with van der Waals surface area (Å²) in [7, 11) is 0. The van der Waals surface area contributed by atoms with Gasteiger partial charge in [0.1, 0.15) is 0 Å². The van der Waals surface area contributed by atoms with E-state index in [1.807, 2.05) is 0 Å². The van der Waals surface area contributed by atoms with Gasteiger partial charge in [-0.2, -0.15) is 5.26 Å². The topological polar surface area (TPSA) is 83.8 Å². The second-order valence-corrected chi connectivity index (χ2v) is 3.14. The average Bonchev–Trinajstić information content (AvgIpc) is 1.87. The summed E-state index contributed by atoms with van der Waals surface area (Å²) in [5, 5.41) is 15.5. The molecule has 5 heteroatoms. The number of hydrogen-bond donors (Lipinski definition) is 2. The maximum atomic E-state index is 10.0. The number of carbonyl (C=O) groups excluding carboxylic acids is 1. The first-order valence-electron chi connectivity index (χ1n) is 3.27. The van der Waals surface area contributed by atoms with E-state index in [1.165, 1.54) is 0 Å². The Kier molecular flexibility index (Phi) is 6.22. The summed E-state index contributed by atoms with van der Waals surface area (Å²) in [4.78, 5) is 22.5. The molecule has 0 aromatic carbocycles. The third-order valence-corrected chi connectivity index (χ3v) is 0.770. The zero-order chi connectivity index (χ0) is 10.4. The Morgan fingerprint density at radius 2 is 1.42 bits per heavy atom. The maximum Gasteiger partial charge on any atom is 0.339 e.